The van der Waals surface area contributed by atoms with E-state index in [9.17, 15) is 14.7 Å². The summed E-state index contributed by atoms with van der Waals surface area (Å²) in [6, 6.07) is 0. The predicted molar refractivity (Wildman–Crippen MR) is 56.3 cm³/mol. The molecule has 1 amide bonds. The number of rotatable bonds is 3. The molecule has 15 heavy (non-hydrogen) atoms. The van der Waals surface area contributed by atoms with Gasteiger partial charge < -0.3 is 10.0 Å². The Morgan fingerprint density at radius 2 is 2.13 bits per heavy atom. The third-order valence-corrected chi connectivity index (χ3v) is 3.32. The van der Waals surface area contributed by atoms with E-state index < -0.39 is 11.4 Å². The Morgan fingerprint density at radius 3 is 2.47 bits per heavy atom. The van der Waals surface area contributed by atoms with Crippen molar-refractivity contribution < 1.29 is 14.7 Å². The lowest BCUT2D eigenvalue weighted by atomic mass is 9.76. The first kappa shape index (κ1) is 11.8. The zero-order valence-corrected chi connectivity index (χ0v) is 9.19. The molecule has 1 saturated heterocycles. The second-order valence-electron chi connectivity index (χ2n) is 4.33. The van der Waals surface area contributed by atoms with Crippen molar-refractivity contribution in [2.45, 2.75) is 20.3 Å². The summed E-state index contributed by atoms with van der Waals surface area (Å²) in [5, 5.41) is 9.24. The fraction of sp³-hybridized carbons (Fsp3) is 0.636. The van der Waals surface area contributed by atoms with E-state index in [4.69, 9.17) is 0 Å². The highest BCUT2D eigenvalue weighted by Gasteiger charge is 2.48. The van der Waals surface area contributed by atoms with E-state index in [0.29, 0.717) is 19.5 Å². The van der Waals surface area contributed by atoms with Crippen molar-refractivity contribution in [3.8, 4) is 0 Å². The fourth-order valence-corrected chi connectivity index (χ4v) is 2.04. The minimum absolute atomic E-state index is 0.0256. The van der Waals surface area contributed by atoms with E-state index in [-0.39, 0.29) is 11.8 Å². The maximum absolute atomic E-state index is 11.4. The molecule has 1 fully saturated rings. The molecule has 84 valence electrons. The molecule has 4 nitrogen and oxygen atoms in total. The van der Waals surface area contributed by atoms with Gasteiger partial charge in [0.15, 0.2) is 0 Å². The molecule has 0 saturated carbocycles. The number of carbonyl (C=O) groups is 2. The van der Waals surface area contributed by atoms with E-state index in [1.54, 1.807) is 4.90 Å². The standard InChI is InChI=1S/C11H17NO3/c1-4-9(13)12-6-5-11(7-12,8(2)3)10(14)15/h4,8H,1,5-7H2,2-3H3,(H,14,15). The average Bonchev–Trinajstić information content (AvgIpc) is 2.62. The highest BCUT2D eigenvalue weighted by molar-refractivity contribution is 5.88. The first-order chi connectivity index (χ1) is 6.94. The van der Waals surface area contributed by atoms with Gasteiger partial charge in [0.2, 0.25) is 5.91 Å². The third-order valence-electron chi connectivity index (χ3n) is 3.32. The number of hydrogen-bond donors (Lipinski definition) is 1. The lowest BCUT2D eigenvalue weighted by Crippen LogP contribution is -2.40. The molecule has 1 aliphatic rings. The van der Waals surface area contributed by atoms with E-state index >= 15 is 0 Å². The SMILES string of the molecule is C=CC(=O)N1CCC(C(=O)O)(C(C)C)C1. The second-order valence-corrected chi connectivity index (χ2v) is 4.33. The van der Waals surface area contributed by atoms with Crippen LogP contribution < -0.4 is 0 Å². The highest BCUT2D eigenvalue weighted by Crippen LogP contribution is 2.38. The highest BCUT2D eigenvalue weighted by atomic mass is 16.4. The van der Waals surface area contributed by atoms with Crippen LogP contribution in [0, 0.1) is 11.3 Å². The Bertz CT molecular complexity index is 298. The summed E-state index contributed by atoms with van der Waals surface area (Å²) in [5.41, 5.74) is -0.779. The van der Waals surface area contributed by atoms with Crippen LogP contribution in [0.15, 0.2) is 12.7 Å². The number of carboxylic acids is 1. The van der Waals surface area contributed by atoms with Crippen molar-refractivity contribution in [3.05, 3.63) is 12.7 Å². The zero-order valence-electron chi connectivity index (χ0n) is 9.19. The van der Waals surface area contributed by atoms with E-state index in [2.05, 4.69) is 6.58 Å². The summed E-state index contributed by atoms with van der Waals surface area (Å²) >= 11 is 0. The monoisotopic (exact) mass is 211 g/mol. The molecule has 1 unspecified atom stereocenters. The molecule has 0 aliphatic carbocycles. The molecule has 1 atom stereocenters. The van der Waals surface area contributed by atoms with Gasteiger partial charge in [-0.1, -0.05) is 20.4 Å². The van der Waals surface area contributed by atoms with Crippen LogP contribution in [-0.4, -0.2) is 35.0 Å². The fourth-order valence-electron chi connectivity index (χ4n) is 2.04. The summed E-state index contributed by atoms with van der Waals surface area (Å²) in [6.45, 7) is 7.98. The Labute approximate surface area is 89.6 Å². The van der Waals surface area contributed by atoms with Crippen molar-refractivity contribution in [1.29, 1.82) is 0 Å². The summed E-state index contributed by atoms with van der Waals surface area (Å²) in [7, 11) is 0. The minimum atomic E-state index is -0.808. The normalized spacial score (nSPS) is 25.7. The largest absolute Gasteiger partial charge is 0.481 e. The number of nitrogens with zero attached hydrogens (tertiary/aromatic N) is 1. The lowest BCUT2D eigenvalue weighted by molar-refractivity contribution is -0.151. The Hall–Kier alpha value is -1.32. The summed E-state index contributed by atoms with van der Waals surface area (Å²) < 4.78 is 0. The van der Waals surface area contributed by atoms with Crippen molar-refractivity contribution in [1.82, 2.24) is 4.90 Å². The topological polar surface area (TPSA) is 57.6 Å². The van der Waals surface area contributed by atoms with Gasteiger partial charge in [-0.2, -0.15) is 0 Å². The average molecular weight is 211 g/mol. The lowest BCUT2D eigenvalue weighted by Gasteiger charge is -2.28. The van der Waals surface area contributed by atoms with Gasteiger partial charge in [-0.25, -0.2) is 0 Å². The molecule has 0 bridgehead atoms. The van der Waals surface area contributed by atoms with Crippen molar-refractivity contribution >= 4 is 11.9 Å². The van der Waals surface area contributed by atoms with Gasteiger partial charge in [0.25, 0.3) is 0 Å². The molecule has 1 N–H and O–H groups in total. The van der Waals surface area contributed by atoms with Crippen LogP contribution >= 0.6 is 0 Å². The van der Waals surface area contributed by atoms with Gasteiger partial charge in [0, 0.05) is 13.1 Å². The summed E-state index contributed by atoms with van der Waals surface area (Å²) in [4.78, 5) is 24.2. The van der Waals surface area contributed by atoms with Crippen LogP contribution in [0.4, 0.5) is 0 Å². The Morgan fingerprint density at radius 1 is 1.53 bits per heavy atom. The van der Waals surface area contributed by atoms with Crippen molar-refractivity contribution in [2.24, 2.45) is 11.3 Å². The number of amides is 1. The molecular weight excluding hydrogens is 194 g/mol. The first-order valence-electron chi connectivity index (χ1n) is 5.09. The minimum Gasteiger partial charge on any atom is -0.481 e. The molecule has 1 heterocycles. The van der Waals surface area contributed by atoms with Crippen LogP contribution in [-0.2, 0) is 9.59 Å². The molecule has 0 radical (unpaired) electrons. The van der Waals surface area contributed by atoms with Crippen LogP contribution in [0.5, 0.6) is 0 Å². The third kappa shape index (κ3) is 1.89. The predicted octanol–water partition coefficient (Wildman–Crippen LogP) is 1.13. The Kier molecular flexibility index (Phi) is 3.17. The van der Waals surface area contributed by atoms with Gasteiger partial charge in [0.1, 0.15) is 0 Å². The Balaban J connectivity index is 2.86. The smallest absolute Gasteiger partial charge is 0.311 e. The quantitative estimate of drug-likeness (QED) is 0.712. The summed E-state index contributed by atoms with van der Waals surface area (Å²) in [5.74, 6) is -0.965. The van der Waals surface area contributed by atoms with Crippen LogP contribution in [0.2, 0.25) is 0 Å². The number of aliphatic carboxylic acids is 1. The van der Waals surface area contributed by atoms with Crippen molar-refractivity contribution in [3.63, 3.8) is 0 Å². The molecule has 0 spiro atoms. The first-order valence-corrected chi connectivity index (χ1v) is 5.09. The van der Waals surface area contributed by atoms with Gasteiger partial charge in [0.05, 0.1) is 5.41 Å². The van der Waals surface area contributed by atoms with Crippen LogP contribution in [0.3, 0.4) is 0 Å². The van der Waals surface area contributed by atoms with E-state index in [0.717, 1.165) is 0 Å². The van der Waals surface area contributed by atoms with E-state index in [1.165, 1.54) is 6.08 Å². The van der Waals surface area contributed by atoms with Gasteiger partial charge in [-0.3, -0.25) is 9.59 Å². The number of carbonyl (C=O) groups excluding carboxylic acids is 1. The van der Waals surface area contributed by atoms with Gasteiger partial charge in [-0.05, 0) is 18.4 Å². The molecule has 4 heteroatoms. The molecule has 0 aromatic rings. The van der Waals surface area contributed by atoms with Gasteiger partial charge in [-0.15, -0.1) is 0 Å². The second kappa shape index (κ2) is 4.04. The van der Waals surface area contributed by atoms with E-state index in [1.807, 2.05) is 13.8 Å². The van der Waals surface area contributed by atoms with Crippen LogP contribution in [0.1, 0.15) is 20.3 Å². The maximum Gasteiger partial charge on any atom is 0.311 e. The molecule has 1 aliphatic heterocycles. The number of hydrogen-bond acceptors (Lipinski definition) is 2. The number of carboxylic acid groups (broad SMARTS) is 1. The molecule has 0 aromatic carbocycles. The van der Waals surface area contributed by atoms with Crippen LogP contribution in [0.25, 0.3) is 0 Å². The molecule has 0 aromatic heterocycles. The zero-order chi connectivity index (χ0) is 11.6. The number of likely N-dealkylation sites (tertiary alicyclic amines) is 1. The summed E-state index contributed by atoms with van der Waals surface area (Å²) in [6.07, 6.45) is 1.76. The van der Waals surface area contributed by atoms with Gasteiger partial charge >= 0.3 is 5.97 Å². The maximum atomic E-state index is 11.4. The molecular formula is C11H17NO3. The molecule has 1 rings (SSSR count). The van der Waals surface area contributed by atoms with Crippen molar-refractivity contribution in [2.75, 3.05) is 13.1 Å².